The molecule has 3 N–H and O–H groups in total. The van der Waals surface area contributed by atoms with Gasteiger partial charge in [-0.2, -0.15) is 0 Å². The van der Waals surface area contributed by atoms with Crippen LogP contribution in [-0.4, -0.2) is 37.1 Å². The molecule has 0 aromatic heterocycles. The van der Waals surface area contributed by atoms with Crippen molar-refractivity contribution in [1.29, 1.82) is 0 Å². The van der Waals surface area contributed by atoms with Crippen LogP contribution in [0, 0.1) is 5.92 Å². The minimum Gasteiger partial charge on any atom is -0.481 e. The van der Waals surface area contributed by atoms with E-state index in [0.717, 1.165) is 0 Å². The minimum atomic E-state index is -0.884. The van der Waals surface area contributed by atoms with E-state index in [-0.39, 0.29) is 18.9 Å². The van der Waals surface area contributed by atoms with Gasteiger partial charge in [0, 0.05) is 25.7 Å². The predicted octanol–water partition coefficient (Wildman–Crippen LogP) is 0.435. The molecule has 0 aromatic rings. The van der Waals surface area contributed by atoms with Crippen molar-refractivity contribution in [2.75, 3.05) is 19.8 Å². The van der Waals surface area contributed by atoms with Gasteiger partial charge in [-0.05, 0) is 13.8 Å². The van der Waals surface area contributed by atoms with Crippen LogP contribution >= 0.6 is 0 Å². The van der Waals surface area contributed by atoms with Crippen LogP contribution in [0.25, 0.3) is 0 Å². The molecule has 0 rings (SSSR count). The van der Waals surface area contributed by atoms with Gasteiger partial charge in [-0.1, -0.05) is 0 Å². The van der Waals surface area contributed by atoms with Gasteiger partial charge in [-0.25, -0.2) is 0 Å². The average Bonchev–Trinajstić information content (AvgIpc) is 2.13. The molecular formula is C9H19NO4. The molecule has 1 unspecified atom stereocenters. The smallest absolute Gasteiger partial charge is 0.303 e. The third kappa shape index (κ3) is 5.16. The lowest BCUT2D eigenvalue weighted by atomic mass is 10.1. The van der Waals surface area contributed by atoms with Crippen molar-refractivity contribution in [3.05, 3.63) is 0 Å². The highest BCUT2D eigenvalue weighted by Crippen LogP contribution is 2.13. The lowest BCUT2D eigenvalue weighted by molar-refractivity contribution is -0.172. The molecule has 0 saturated carbocycles. The van der Waals surface area contributed by atoms with Crippen LogP contribution in [0.2, 0.25) is 0 Å². The van der Waals surface area contributed by atoms with E-state index in [9.17, 15) is 4.79 Å². The molecule has 0 amide bonds. The lowest BCUT2D eigenvalue weighted by Gasteiger charge is -2.24. The molecule has 0 fully saturated rings. The van der Waals surface area contributed by atoms with E-state index in [0.29, 0.717) is 13.2 Å². The van der Waals surface area contributed by atoms with E-state index in [2.05, 4.69) is 0 Å². The van der Waals surface area contributed by atoms with Gasteiger partial charge < -0.3 is 20.3 Å². The molecule has 0 radical (unpaired) electrons. The number of nitrogens with two attached hydrogens (primary N) is 1. The zero-order valence-electron chi connectivity index (χ0n) is 8.73. The molecule has 0 aliphatic rings. The highest BCUT2D eigenvalue weighted by atomic mass is 16.7. The van der Waals surface area contributed by atoms with Gasteiger partial charge in [0.2, 0.25) is 0 Å². The molecule has 0 aliphatic carbocycles. The van der Waals surface area contributed by atoms with Crippen LogP contribution in [0.5, 0.6) is 0 Å². The second-order valence-corrected chi connectivity index (χ2v) is 2.87. The number of carboxylic acid groups (broad SMARTS) is 1. The monoisotopic (exact) mass is 205 g/mol. The van der Waals surface area contributed by atoms with E-state index in [1.165, 1.54) is 0 Å². The summed E-state index contributed by atoms with van der Waals surface area (Å²) in [5.41, 5.74) is 5.46. The van der Waals surface area contributed by atoms with E-state index >= 15 is 0 Å². The van der Waals surface area contributed by atoms with E-state index < -0.39 is 12.3 Å². The van der Waals surface area contributed by atoms with Crippen LogP contribution in [0.15, 0.2) is 0 Å². The molecule has 0 aliphatic heterocycles. The fourth-order valence-electron chi connectivity index (χ4n) is 1.16. The van der Waals surface area contributed by atoms with Gasteiger partial charge in [0.1, 0.15) is 0 Å². The maximum Gasteiger partial charge on any atom is 0.303 e. The van der Waals surface area contributed by atoms with Gasteiger partial charge in [0.25, 0.3) is 0 Å². The summed E-state index contributed by atoms with van der Waals surface area (Å²) >= 11 is 0. The number of carboxylic acids is 1. The summed E-state index contributed by atoms with van der Waals surface area (Å²) in [5, 5.41) is 8.63. The highest BCUT2D eigenvalue weighted by Gasteiger charge is 2.23. The third-order valence-electron chi connectivity index (χ3n) is 1.79. The Morgan fingerprint density at radius 1 is 1.36 bits per heavy atom. The quantitative estimate of drug-likeness (QED) is 0.562. The SMILES string of the molecule is CCOC(OCC)C(CN)CC(=O)O. The minimum absolute atomic E-state index is 0.0266. The first-order chi connectivity index (χ1) is 6.65. The second kappa shape index (κ2) is 7.73. The largest absolute Gasteiger partial charge is 0.481 e. The Labute approximate surface area is 84.2 Å². The van der Waals surface area contributed by atoms with Gasteiger partial charge in [0.05, 0.1) is 6.42 Å². The van der Waals surface area contributed by atoms with Crippen molar-refractivity contribution in [2.45, 2.75) is 26.6 Å². The summed E-state index contributed by atoms with van der Waals surface area (Å²) < 4.78 is 10.5. The Balaban J connectivity index is 4.16. The second-order valence-electron chi connectivity index (χ2n) is 2.87. The van der Waals surface area contributed by atoms with Crippen molar-refractivity contribution in [2.24, 2.45) is 11.7 Å². The number of hydrogen-bond donors (Lipinski definition) is 2. The summed E-state index contributed by atoms with van der Waals surface area (Å²) in [6.07, 6.45) is -0.535. The van der Waals surface area contributed by atoms with Crippen LogP contribution < -0.4 is 5.73 Å². The fraction of sp³-hybridized carbons (Fsp3) is 0.889. The number of aliphatic carboxylic acids is 1. The van der Waals surface area contributed by atoms with Gasteiger partial charge in [-0.15, -0.1) is 0 Å². The average molecular weight is 205 g/mol. The molecule has 14 heavy (non-hydrogen) atoms. The van der Waals surface area contributed by atoms with Crippen molar-refractivity contribution in [3.8, 4) is 0 Å². The molecule has 0 spiro atoms. The molecule has 5 nitrogen and oxygen atoms in total. The molecule has 0 heterocycles. The van der Waals surface area contributed by atoms with Crippen LogP contribution in [-0.2, 0) is 14.3 Å². The summed E-state index contributed by atoms with van der Waals surface area (Å²) in [6, 6.07) is 0. The summed E-state index contributed by atoms with van der Waals surface area (Å²) in [7, 11) is 0. The molecule has 0 aromatic carbocycles. The third-order valence-corrected chi connectivity index (χ3v) is 1.79. The molecule has 5 heteroatoms. The van der Waals surface area contributed by atoms with Crippen molar-refractivity contribution in [1.82, 2.24) is 0 Å². The zero-order valence-corrected chi connectivity index (χ0v) is 8.73. The van der Waals surface area contributed by atoms with Gasteiger partial charge >= 0.3 is 5.97 Å². The maximum absolute atomic E-state index is 10.5. The van der Waals surface area contributed by atoms with Crippen LogP contribution in [0.4, 0.5) is 0 Å². The Hall–Kier alpha value is -0.650. The first kappa shape index (κ1) is 13.4. The molecule has 0 saturated heterocycles. The predicted molar refractivity (Wildman–Crippen MR) is 51.8 cm³/mol. The van der Waals surface area contributed by atoms with E-state index in [1.54, 1.807) is 0 Å². The number of ether oxygens (including phenoxy) is 2. The van der Waals surface area contributed by atoms with E-state index in [4.69, 9.17) is 20.3 Å². The summed E-state index contributed by atoms with van der Waals surface area (Å²) in [4.78, 5) is 10.5. The van der Waals surface area contributed by atoms with Crippen molar-refractivity contribution in [3.63, 3.8) is 0 Å². The topological polar surface area (TPSA) is 81.8 Å². The van der Waals surface area contributed by atoms with Gasteiger partial charge in [-0.3, -0.25) is 4.79 Å². The fourth-order valence-corrected chi connectivity index (χ4v) is 1.16. The Kier molecular flexibility index (Phi) is 7.37. The number of rotatable bonds is 8. The highest BCUT2D eigenvalue weighted by molar-refractivity contribution is 5.67. The molecule has 84 valence electrons. The summed E-state index contributed by atoms with van der Waals surface area (Å²) in [6.45, 7) is 4.89. The molecular weight excluding hydrogens is 186 g/mol. The van der Waals surface area contributed by atoms with Crippen LogP contribution in [0.3, 0.4) is 0 Å². The maximum atomic E-state index is 10.5. The molecule has 1 atom stereocenters. The lowest BCUT2D eigenvalue weighted by Crippen LogP contribution is -2.34. The Bertz CT molecular complexity index is 157. The normalized spacial score (nSPS) is 13.1. The molecule has 0 bridgehead atoms. The summed E-state index contributed by atoms with van der Waals surface area (Å²) in [5.74, 6) is -1.17. The Morgan fingerprint density at radius 3 is 2.14 bits per heavy atom. The van der Waals surface area contributed by atoms with Crippen molar-refractivity contribution < 1.29 is 19.4 Å². The number of carbonyl (C=O) groups is 1. The van der Waals surface area contributed by atoms with Gasteiger partial charge in [0.15, 0.2) is 6.29 Å². The first-order valence-electron chi connectivity index (χ1n) is 4.80. The van der Waals surface area contributed by atoms with Crippen molar-refractivity contribution >= 4 is 5.97 Å². The number of hydrogen-bond acceptors (Lipinski definition) is 4. The van der Waals surface area contributed by atoms with E-state index in [1.807, 2.05) is 13.8 Å². The van der Waals surface area contributed by atoms with Crippen LogP contribution in [0.1, 0.15) is 20.3 Å². The Morgan fingerprint density at radius 2 is 1.86 bits per heavy atom. The standard InChI is InChI=1S/C9H19NO4/c1-3-13-9(14-4-2)7(6-10)5-8(11)12/h7,9H,3-6,10H2,1-2H3,(H,11,12). The zero-order chi connectivity index (χ0) is 11.0. The first-order valence-corrected chi connectivity index (χ1v) is 4.80.